The Labute approximate surface area is 180 Å². The number of hydrogen-bond acceptors (Lipinski definition) is 1. The van der Waals surface area contributed by atoms with Crippen molar-refractivity contribution in [2.45, 2.75) is 26.9 Å². The summed E-state index contributed by atoms with van der Waals surface area (Å²) >= 11 is -0.826. The van der Waals surface area contributed by atoms with Gasteiger partial charge in [0, 0.05) is 11.4 Å². The van der Waals surface area contributed by atoms with Gasteiger partial charge in [-0.05, 0) is 26.0 Å². The number of rotatable bonds is 6. The summed E-state index contributed by atoms with van der Waals surface area (Å²) in [6, 6.07) is 22.3. The van der Waals surface area contributed by atoms with Gasteiger partial charge in [-0.3, -0.25) is 4.98 Å². The second-order valence-electron chi connectivity index (χ2n) is 5.90. The summed E-state index contributed by atoms with van der Waals surface area (Å²) in [4.78, 5) is 4.67. The number of benzene rings is 2. The summed E-state index contributed by atoms with van der Waals surface area (Å²) in [5, 5.41) is 9.31. The van der Waals surface area contributed by atoms with Gasteiger partial charge in [0.25, 0.3) is 0 Å². The number of nitrogens with zero attached hydrogens (tertiary/aromatic N) is 3. The molecule has 0 N–H and O–H groups in total. The summed E-state index contributed by atoms with van der Waals surface area (Å²) in [5.74, 6) is 0. The molecule has 3 aromatic rings. The van der Waals surface area contributed by atoms with Crippen molar-refractivity contribution < 1.29 is 20.8 Å². The van der Waals surface area contributed by atoms with Crippen LogP contribution in [0.1, 0.15) is 22.5 Å². The summed E-state index contributed by atoms with van der Waals surface area (Å²) in [6.45, 7) is 5.32. The summed E-state index contributed by atoms with van der Waals surface area (Å²) < 4.78 is 0. The van der Waals surface area contributed by atoms with Gasteiger partial charge in [-0.1, -0.05) is 78.8 Å². The second-order valence-corrected chi connectivity index (χ2v) is 9.63. The number of aromatic nitrogens is 1. The summed E-state index contributed by atoms with van der Waals surface area (Å²) in [6.07, 6.45) is 0. The number of hydrogen-bond donors (Lipinski definition) is 0. The fraction of sp³-hybridized carbons (Fsp3) is 0.190. The quantitative estimate of drug-likeness (QED) is 0.363. The Kier molecular flexibility index (Phi) is 9.90. The molecule has 27 heavy (non-hydrogen) atoms. The van der Waals surface area contributed by atoms with Crippen LogP contribution in [-0.2, 0) is 33.9 Å². The summed E-state index contributed by atoms with van der Waals surface area (Å²) in [7, 11) is 9.87. The molecule has 0 aliphatic heterocycles. The van der Waals surface area contributed by atoms with E-state index in [0.717, 1.165) is 22.8 Å². The van der Waals surface area contributed by atoms with Crippen molar-refractivity contribution in [3.8, 4) is 0 Å². The predicted octanol–water partition coefficient (Wildman–Crippen LogP) is 7.49. The van der Waals surface area contributed by atoms with E-state index in [4.69, 9.17) is 17.0 Å². The third-order valence-corrected chi connectivity index (χ3v) is 3.92. The van der Waals surface area contributed by atoms with Crippen LogP contribution in [0, 0.1) is 13.8 Å². The zero-order valence-corrected chi connectivity index (χ0v) is 19.3. The van der Waals surface area contributed by atoms with Crippen LogP contribution in [0.15, 0.2) is 66.7 Å². The van der Waals surface area contributed by atoms with E-state index >= 15 is 0 Å². The van der Waals surface area contributed by atoms with Crippen LogP contribution in [0.4, 0.5) is 11.4 Å². The first-order chi connectivity index (χ1) is 13.1. The molecule has 0 atom stereocenters. The molecular weight excluding hydrogens is 456 g/mol. The van der Waals surface area contributed by atoms with Gasteiger partial charge in [-0.25, -0.2) is 0 Å². The molecule has 0 radical (unpaired) electrons. The first-order valence-electron chi connectivity index (χ1n) is 8.51. The molecule has 0 saturated heterocycles. The Bertz CT molecular complexity index is 778. The molecule has 0 saturated carbocycles. The molecule has 1 heterocycles. The van der Waals surface area contributed by atoms with Crippen LogP contribution in [0.25, 0.3) is 10.6 Å². The standard InChI is InChI=1S/C21H21N3.2ClH.Zr/c1-16-8-3-5-12-20(16)22-14-18-10-7-11-19(24-18)15-23-21-13-6-4-9-17(21)2;;;/h3-13H,14-15H2,1-2H3;2*1H;/q-2;;;+4/p-2. The second kappa shape index (κ2) is 12.2. The fourth-order valence-electron chi connectivity index (χ4n) is 2.52. The first-order valence-corrected chi connectivity index (χ1v) is 14.8. The fourth-order valence-corrected chi connectivity index (χ4v) is 2.52. The predicted molar refractivity (Wildman–Crippen MR) is 112 cm³/mol. The maximum absolute atomic E-state index is 4.93. The normalized spacial score (nSPS) is 9.63. The van der Waals surface area contributed by atoms with E-state index in [1.54, 1.807) is 0 Å². The average Bonchev–Trinajstić information content (AvgIpc) is 2.68. The minimum absolute atomic E-state index is 0.586. The Morgan fingerprint density at radius 1 is 0.704 bits per heavy atom. The van der Waals surface area contributed by atoms with Crippen molar-refractivity contribution in [2.75, 3.05) is 0 Å². The van der Waals surface area contributed by atoms with E-state index in [2.05, 4.69) is 41.6 Å². The van der Waals surface area contributed by atoms with E-state index in [9.17, 15) is 0 Å². The Morgan fingerprint density at radius 2 is 1.11 bits per heavy atom. The van der Waals surface area contributed by atoms with Crippen molar-refractivity contribution in [2.24, 2.45) is 0 Å². The number of pyridine rings is 1. The van der Waals surface area contributed by atoms with Gasteiger partial charge in [0.2, 0.25) is 0 Å². The summed E-state index contributed by atoms with van der Waals surface area (Å²) in [5.41, 5.74) is 6.35. The van der Waals surface area contributed by atoms with Crippen LogP contribution >= 0.6 is 17.0 Å². The third-order valence-electron chi connectivity index (χ3n) is 3.92. The van der Waals surface area contributed by atoms with Crippen LogP contribution in [0.2, 0.25) is 0 Å². The molecular formula is C21H21Cl2N3Zr. The monoisotopic (exact) mass is 475 g/mol. The number of para-hydroxylation sites is 2. The zero-order valence-electron chi connectivity index (χ0n) is 15.4. The average molecular weight is 478 g/mol. The molecule has 3 rings (SSSR count). The van der Waals surface area contributed by atoms with Crippen molar-refractivity contribution in [3.63, 3.8) is 0 Å². The molecule has 6 heteroatoms. The molecule has 0 aliphatic rings. The van der Waals surface area contributed by atoms with Gasteiger partial charge in [-0.15, -0.1) is 11.4 Å². The molecule has 3 nitrogen and oxygen atoms in total. The molecule has 0 fully saturated rings. The molecule has 138 valence electrons. The van der Waals surface area contributed by atoms with E-state index in [0.29, 0.717) is 13.1 Å². The van der Waals surface area contributed by atoms with Crippen molar-refractivity contribution >= 4 is 28.4 Å². The molecule has 0 spiro atoms. The van der Waals surface area contributed by atoms with Gasteiger partial charge in [-0.2, -0.15) is 0 Å². The van der Waals surface area contributed by atoms with Gasteiger partial charge >= 0.3 is 37.9 Å². The van der Waals surface area contributed by atoms with Crippen molar-refractivity contribution in [3.05, 3.63) is 99.9 Å². The maximum atomic E-state index is 4.93. The van der Waals surface area contributed by atoms with E-state index < -0.39 is 20.8 Å². The number of aryl methyl sites for hydroxylation is 2. The minimum atomic E-state index is -0.826. The van der Waals surface area contributed by atoms with Gasteiger partial charge in [0.1, 0.15) is 0 Å². The first kappa shape index (κ1) is 21.9. The third kappa shape index (κ3) is 7.65. The molecule has 0 aliphatic carbocycles. The topological polar surface area (TPSA) is 41.1 Å². The van der Waals surface area contributed by atoms with Gasteiger partial charge in [0.15, 0.2) is 0 Å². The van der Waals surface area contributed by atoms with E-state index in [1.165, 1.54) is 11.1 Å². The van der Waals surface area contributed by atoms with Crippen LogP contribution in [0.3, 0.4) is 0 Å². The zero-order chi connectivity index (χ0) is 19.5. The Morgan fingerprint density at radius 3 is 1.52 bits per heavy atom. The van der Waals surface area contributed by atoms with E-state index in [-0.39, 0.29) is 0 Å². The van der Waals surface area contributed by atoms with Crippen LogP contribution < -0.4 is 0 Å². The van der Waals surface area contributed by atoms with Crippen LogP contribution in [-0.4, -0.2) is 4.98 Å². The van der Waals surface area contributed by atoms with E-state index in [1.807, 2.05) is 54.6 Å². The SMILES string of the molecule is Cc1ccccc1[N-]Cc1cccc(C[N-]c2ccccc2C)n1.[Cl][Zr+2][Cl]. The van der Waals surface area contributed by atoms with Crippen molar-refractivity contribution in [1.29, 1.82) is 0 Å². The molecule has 0 bridgehead atoms. The van der Waals surface area contributed by atoms with Gasteiger partial charge < -0.3 is 10.6 Å². The molecule has 1 aromatic heterocycles. The molecule has 2 aromatic carbocycles. The van der Waals surface area contributed by atoms with Gasteiger partial charge in [0.05, 0.1) is 0 Å². The Hall–Kier alpha value is -1.35. The molecule has 0 amide bonds. The Balaban J connectivity index is 0.000000817. The van der Waals surface area contributed by atoms with Crippen molar-refractivity contribution in [1.82, 2.24) is 4.98 Å². The number of halogens is 2. The molecule has 0 unspecified atom stereocenters. The van der Waals surface area contributed by atoms with Crippen LogP contribution in [0.5, 0.6) is 0 Å².